The largest absolute Gasteiger partial charge is 0.339 e. The Morgan fingerprint density at radius 3 is 2.55 bits per heavy atom. The zero-order chi connectivity index (χ0) is 20.4. The average molecular weight is 393 g/mol. The standard InChI is InChI=1S/C23H24FN3O2/c1-15(2)16-5-7-17(8-6-16)21-25-22(29-26-21)19-4-3-13-27(14-19)23(28)18-9-11-20(24)12-10-18/h5-12,15,19H,3-4,13-14H2,1-2H3/t19-/m0/s1. The third-order valence-electron chi connectivity index (χ3n) is 5.43. The van der Waals surface area contributed by atoms with Crippen LogP contribution < -0.4 is 0 Å². The number of likely N-dealkylation sites (tertiary alicyclic amines) is 1. The first-order valence-corrected chi connectivity index (χ1v) is 10.00. The van der Waals surface area contributed by atoms with Crippen LogP contribution in [0.4, 0.5) is 4.39 Å². The van der Waals surface area contributed by atoms with Gasteiger partial charge in [-0.05, 0) is 48.6 Å². The van der Waals surface area contributed by atoms with Crippen LogP contribution in [0.5, 0.6) is 0 Å². The van der Waals surface area contributed by atoms with E-state index in [9.17, 15) is 9.18 Å². The molecule has 4 rings (SSSR count). The topological polar surface area (TPSA) is 59.2 Å². The van der Waals surface area contributed by atoms with Crippen molar-refractivity contribution < 1.29 is 13.7 Å². The van der Waals surface area contributed by atoms with E-state index < -0.39 is 0 Å². The fourth-order valence-electron chi connectivity index (χ4n) is 3.67. The second-order valence-corrected chi connectivity index (χ2v) is 7.83. The lowest BCUT2D eigenvalue weighted by Gasteiger charge is -2.31. The third kappa shape index (κ3) is 4.21. The molecule has 1 saturated heterocycles. The van der Waals surface area contributed by atoms with E-state index in [0.717, 1.165) is 18.4 Å². The summed E-state index contributed by atoms with van der Waals surface area (Å²) < 4.78 is 18.7. The van der Waals surface area contributed by atoms with Crippen LogP contribution in [0.2, 0.25) is 0 Å². The highest BCUT2D eigenvalue weighted by atomic mass is 19.1. The quantitative estimate of drug-likeness (QED) is 0.625. The number of hydrogen-bond acceptors (Lipinski definition) is 4. The Morgan fingerprint density at radius 2 is 1.86 bits per heavy atom. The van der Waals surface area contributed by atoms with E-state index in [2.05, 4.69) is 36.1 Å². The number of hydrogen-bond donors (Lipinski definition) is 0. The van der Waals surface area contributed by atoms with Gasteiger partial charge in [0.1, 0.15) is 5.82 Å². The van der Waals surface area contributed by atoms with E-state index in [1.807, 2.05) is 12.1 Å². The Balaban J connectivity index is 1.47. The Bertz CT molecular complexity index is 980. The molecule has 1 aliphatic rings. The van der Waals surface area contributed by atoms with E-state index in [0.29, 0.717) is 36.3 Å². The maximum Gasteiger partial charge on any atom is 0.253 e. The number of piperidine rings is 1. The van der Waals surface area contributed by atoms with Gasteiger partial charge in [-0.1, -0.05) is 43.3 Å². The van der Waals surface area contributed by atoms with Gasteiger partial charge < -0.3 is 9.42 Å². The van der Waals surface area contributed by atoms with E-state index >= 15 is 0 Å². The van der Waals surface area contributed by atoms with Crippen LogP contribution in [-0.4, -0.2) is 34.0 Å². The molecule has 29 heavy (non-hydrogen) atoms. The molecule has 1 amide bonds. The smallest absolute Gasteiger partial charge is 0.253 e. The molecule has 1 aromatic heterocycles. The minimum absolute atomic E-state index is 0.00401. The Hall–Kier alpha value is -3.02. The molecule has 0 unspecified atom stereocenters. The summed E-state index contributed by atoms with van der Waals surface area (Å²) in [4.78, 5) is 19.1. The van der Waals surface area contributed by atoms with Gasteiger partial charge in [0.2, 0.25) is 11.7 Å². The zero-order valence-corrected chi connectivity index (χ0v) is 16.6. The molecule has 0 N–H and O–H groups in total. The molecule has 0 radical (unpaired) electrons. The van der Waals surface area contributed by atoms with Crippen LogP contribution in [-0.2, 0) is 0 Å². The van der Waals surface area contributed by atoms with Crippen LogP contribution in [0.1, 0.15) is 60.3 Å². The maximum atomic E-state index is 13.1. The minimum Gasteiger partial charge on any atom is -0.339 e. The third-order valence-corrected chi connectivity index (χ3v) is 5.43. The molecule has 5 nitrogen and oxygen atoms in total. The van der Waals surface area contributed by atoms with Crippen molar-refractivity contribution in [2.45, 2.75) is 38.5 Å². The maximum absolute atomic E-state index is 13.1. The molecule has 0 spiro atoms. The minimum atomic E-state index is -0.349. The Kier molecular flexibility index (Phi) is 5.43. The van der Waals surface area contributed by atoms with Crippen molar-refractivity contribution in [3.63, 3.8) is 0 Å². The lowest BCUT2D eigenvalue weighted by atomic mass is 9.97. The number of rotatable bonds is 4. The summed E-state index contributed by atoms with van der Waals surface area (Å²) in [6.45, 7) is 5.50. The van der Waals surface area contributed by atoms with Crippen molar-refractivity contribution in [2.24, 2.45) is 0 Å². The summed E-state index contributed by atoms with van der Waals surface area (Å²) in [5.74, 6) is 1.15. The number of benzene rings is 2. The first-order chi connectivity index (χ1) is 14.0. The van der Waals surface area contributed by atoms with Crippen LogP contribution in [0.25, 0.3) is 11.4 Å². The summed E-state index contributed by atoms with van der Waals surface area (Å²) in [5.41, 5.74) is 2.67. The molecule has 1 atom stereocenters. The van der Waals surface area contributed by atoms with Crippen LogP contribution >= 0.6 is 0 Å². The van der Waals surface area contributed by atoms with E-state index in [4.69, 9.17) is 4.52 Å². The van der Waals surface area contributed by atoms with Crippen molar-refractivity contribution in [1.29, 1.82) is 0 Å². The lowest BCUT2D eigenvalue weighted by Crippen LogP contribution is -2.39. The second kappa shape index (κ2) is 8.15. The van der Waals surface area contributed by atoms with Gasteiger partial charge in [0.25, 0.3) is 5.91 Å². The molecular weight excluding hydrogens is 369 g/mol. The lowest BCUT2D eigenvalue weighted by molar-refractivity contribution is 0.0695. The first kappa shape index (κ1) is 19.3. The van der Waals surface area contributed by atoms with Crippen molar-refractivity contribution in [2.75, 3.05) is 13.1 Å². The van der Waals surface area contributed by atoms with Gasteiger partial charge in [-0.3, -0.25) is 4.79 Å². The predicted octanol–water partition coefficient (Wildman–Crippen LogP) is 5.02. The summed E-state index contributed by atoms with van der Waals surface area (Å²) in [7, 11) is 0. The zero-order valence-electron chi connectivity index (χ0n) is 16.6. The highest BCUT2D eigenvalue weighted by molar-refractivity contribution is 5.94. The molecular formula is C23H24FN3O2. The molecule has 2 aromatic carbocycles. The Labute approximate surface area is 169 Å². The summed E-state index contributed by atoms with van der Waals surface area (Å²) in [6, 6.07) is 13.8. The fraction of sp³-hybridized carbons (Fsp3) is 0.348. The molecule has 0 bridgehead atoms. The Morgan fingerprint density at radius 1 is 1.14 bits per heavy atom. The van der Waals surface area contributed by atoms with Gasteiger partial charge in [-0.25, -0.2) is 4.39 Å². The summed E-state index contributed by atoms with van der Waals surface area (Å²) in [6.07, 6.45) is 1.75. The van der Waals surface area contributed by atoms with Gasteiger partial charge in [-0.2, -0.15) is 4.98 Å². The number of carbonyl (C=O) groups excluding carboxylic acids is 1. The molecule has 0 saturated carbocycles. The van der Waals surface area contributed by atoms with Gasteiger partial charge in [0.15, 0.2) is 0 Å². The number of halogens is 1. The molecule has 150 valence electrons. The molecule has 3 aromatic rings. The van der Waals surface area contributed by atoms with Crippen molar-refractivity contribution in [3.8, 4) is 11.4 Å². The van der Waals surface area contributed by atoms with Crippen molar-refractivity contribution in [1.82, 2.24) is 15.0 Å². The van der Waals surface area contributed by atoms with Gasteiger partial charge in [-0.15, -0.1) is 0 Å². The van der Waals surface area contributed by atoms with Crippen LogP contribution in [0.3, 0.4) is 0 Å². The van der Waals surface area contributed by atoms with Crippen molar-refractivity contribution in [3.05, 3.63) is 71.4 Å². The van der Waals surface area contributed by atoms with Gasteiger partial charge >= 0.3 is 0 Å². The molecule has 6 heteroatoms. The SMILES string of the molecule is CC(C)c1ccc(-c2noc([C@H]3CCCN(C(=O)c4ccc(F)cc4)C3)n2)cc1. The monoisotopic (exact) mass is 393 g/mol. The van der Waals surface area contributed by atoms with Gasteiger partial charge in [0, 0.05) is 24.2 Å². The number of amides is 1. The highest BCUT2D eigenvalue weighted by Gasteiger charge is 2.29. The molecule has 2 heterocycles. The average Bonchev–Trinajstić information content (AvgIpc) is 3.24. The predicted molar refractivity (Wildman–Crippen MR) is 108 cm³/mol. The first-order valence-electron chi connectivity index (χ1n) is 10.00. The van der Waals surface area contributed by atoms with Crippen LogP contribution in [0.15, 0.2) is 53.1 Å². The molecule has 0 aliphatic carbocycles. The molecule has 1 aliphatic heterocycles. The van der Waals surface area contributed by atoms with E-state index in [-0.39, 0.29) is 17.6 Å². The van der Waals surface area contributed by atoms with Crippen molar-refractivity contribution >= 4 is 5.91 Å². The van der Waals surface area contributed by atoms with Crippen LogP contribution in [0, 0.1) is 5.82 Å². The number of aromatic nitrogens is 2. The second-order valence-electron chi connectivity index (χ2n) is 7.83. The number of nitrogens with zero attached hydrogens (tertiary/aromatic N) is 3. The van der Waals surface area contributed by atoms with E-state index in [1.54, 1.807) is 4.90 Å². The van der Waals surface area contributed by atoms with E-state index in [1.165, 1.54) is 29.8 Å². The molecule has 1 fully saturated rings. The summed E-state index contributed by atoms with van der Waals surface area (Å²) >= 11 is 0. The summed E-state index contributed by atoms with van der Waals surface area (Å²) in [5, 5.41) is 4.14. The normalized spacial score (nSPS) is 17.0. The fourth-order valence-corrected chi connectivity index (χ4v) is 3.67. The van der Waals surface area contributed by atoms with Gasteiger partial charge in [0.05, 0.1) is 5.92 Å². The number of carbonyl (C=O) groups is 1. The highest BCUT2D eigenvalue weighted by Crippen LogP contribution is 2.29.